The van der Waals surface area contributed by atoms with Gasteiger partial charge in [0.2, 0.25) is 0 Å². The predicted octanol–water partition coefficient (Wildman–Crippen LogP) is 4.19. The van der Waals surface area contributed by atoms with Gasteiger partial charge in [0.05, 0.1) is 0 Å². The molecule has 0 saturated heterocycles. The number of allylic oxidation sites excluding steroid dienone is 4. The van der Waals surface area contributed by atoms with Crippen molar-refractivity contribution in [2.45, 2.75) is 41.0 Å². The molecule has 0 nitrogen and oxygen atoms in total. The second-order valence-corrected chi connectivity index (χ2v) is 3.61. The Labute approximate surface area is 77.4 Å². The lowest BCUT2D eigenvalue weighted by atomic mass is 9.87. The van der Waals surface area contributed by atoms with Crippen LogP contribution in [0.4, 0.5) is 0 Å². The molecular weight excluding hydrogens is 144 g/mol. The molecule has 0 aromatic rings. The maximum absolute atomic E-state index is 2.32. The first kappa shape index (κ1) is 11.5. The summed E-state index contributed by atoms with van der Waals surface area (Å²) in [4.78, 5) is 0. The fraction of sp³-hybridized carbons (Fsp3) is 0.667. The van der Waals surface area contributed by atoms with Gasteiger partial charge < -0.3 is 0 Å². The van der Waals surface area contributed by atoms with Gasteiger partial charge in [-0.15, -0.1) is 0 Å². The fourth-order valence-corrected chi connectivity index (χ4v) is 1.20. The minimum atomic E-state index is 0.714. The van der Waals surface area contributed by atoms with Crippen LogP contribution in [0.2, 0.25) is 0 Å². The first-order valence-electron chi connectivity index (χ1n) is 4.92. The molecule has 0 N–H and O–H groups in total. The number of hydrogen-bond acceptors (Lipinski definition) is 0. The summed E-state index contributed by atoms with van der Waals surface area (Å²) >= 11 is 0. The van der Waals surface area contributed by atoms with Gasteiger partial charge in [-0.25, -0.2) is 0 Å². The van der Waals surface area contributed by atoms with E-state index >= 15 is 0 Å². The zero-order valence-corrected chi connectivity index (χ0v) is 9.09. The van der Waals surface area contributed by atoms with Crippen LogP contribution < -0.4 is 0 Å². The monoisotopic (exact) mass is 166 g/mol. The van der Waals surface area contributed by atoms with Gasteiger partial charge in [-0.2, -0.15) is 0 Å². The molecule has 0 aliphatic carbocycles. The van der Waals surface area contributed by atoms with E-state index in [1.807, 2.05) is 0 Å². The molecule has 0 radical (unpaired) electrons. The smallest absolute Gasteiger partial charge is 0.0206 e. The summed E-state index contributed by atoms with van der Waals surface area (Å²) in [6.07, 6.45) is 7.68. The maximum atomic E-state index is 2.32. The molecule has 12 heavy (non-hydrogen) atoms. The Hall–Kier alpha value is -0.520. The molecule has 0 fully saturated rings. The van der Waals surface area contributed by atoms with Crippen molar-refractivity contribution in [1.82, 2.24) is 0 Å². The SMILES string of the molecule is CC=CC=C(C)C(C)C(C)CC. The first-order chi connectivity index (χ1) is 5.63. The zero-order chi connectivity index (χ0) is 9.56. The van der Waals surface area contributed by atoms with Crippen molar-refractivity contribution in [2.75, 3.05) is 0 Å². The largest absolute Gasteiger partial charge is 0.0877 e. The van der Waals surface area contributed by atoms with Crippen LogP contribution in [0.3, 0.4) is 0 Å². The number of rotatable bonds is 4. The minimum Gasteiger partial charge on any atom is -0.0877 e. The van der Waals surface area contributed by atoms with Crippen LogP contribution in [0, 0.1) is 11.8 Å². The van der Waals surface area contributed by atoms with Crippen molar-refractivity contribution in [3.63, 3.8) is 0 Å². The molecule has 0 amide bonds. The van der Waals surface area contributed by atoms with Crippen molar-refractivity contribution in [3.05, 3.63) is 23.8 Å². The lowest BCUT2D eigenvalue weighted by Crippen LogP contribution is -2.07. The molecule has 0 rings (SSSR count). The lowest BCUT2D eigenvalue weighted by Gasteiger charge is -2.18. The Morgan fingerprint density at radius 1 is 1.33 bits per heavy atom. The van der Waals surface area contributed by atoms with Crippen molar-refractivity contribution < 1.29 is 0 Å². The summed E-state index contributed by atoms with van der Waals surface area (Å²) in [6.45, 7) is 11.2. The quantitative estimate of drug-likeness (QED) is 0.549. The molecule has 2 unspecified atom stereocenters. The van der Waals surface area contributed by atoms with E-state index in [4.69, 9.17) is 0 Å². The highest BCUT2D eigenvalue weighted by molar-refractivity contribution is 5.12. The summed E-state index contributed by atoms with van der Waals surface area (Å²) in [5.74, 6) is 1.51. The van der Waals surface area contributed by atoms with E-state index in [1.165, 1.54) is 12.0 Å². The first-order valence-corrected chi connectivity index (χ1v) is 4.92. The van der Waals surface area contributed by atoms with Gasteiger partial charge in [0, 0.05) is 0 Å². The third kappa shape index (κ3) is 3.75. The molecule has 0 saturated carbocycles. The van der Waals surface area contributed by atoms with Crippen molar-refractivity contribution >= 4 is 0 Å². The van der Waals surface area contributed by atoms with E-state index < -0.39 is 0 Å². The van der Waals surface area contributed by atoms with Crippen LogP contribution in [-0.2, 0) is 0 Å². The second-order valence-electron chi connectivity index (χ2n) is 3.61. The standard InChI is InChI=1S/C12H22/c1-6-8-9-11(4)12(5)10(3)7-2/h6,8-10,12H,7H2,1-5H3. The molecule has 0 aromatic heterocycles. The van der Waals surface area contributed by atoms with Gasteiger partial charge in [0.25, 0.3) is 0 Å². The lowest BCUT2D eigenvalue weighted by molar-refractivity contribution is 0.427. The Morgan fingerprint density at radius 2 is 1.92 bits per heavy atom. The summed E-state index contributed by atoms with van der Waals surface area (Å²) in [6, 6.07) is 0. The number of hydrogen-bond donors (Lipinski definition) is 0. The third-order valence-electron chi connectivity index (χ3n) is 2.77. The molecule has 0 bridgehead atoms. The minimum absolute atomic E-state index is 0.714. The predicted molar refractivity (Wildman–Crippen MR) is 57.2 cm³/mol. The van der Waals surface area contributed by atoms with Gasteiger partial charge in [0.15, 0.2) is 0 Å². The summed E-state index contributed by atoms with van der Waals surface area (Å²) in [5, 5.41) is 0. The molecular formula is C12H22. The van der Waals surface area contributed by atoms with Crippen LogP contribution in [0.25, 0.3) is 0 Å². The van der Waals surface area contributed by atoms with Crippen LogP contribution in [0.15, 0.2) is 23.8 Å². The van der Waals surface area contributed by atoms with Gasteiger partial charge in [0.1, 0.15) is 0 Å². The van der Waals surface area contributed by atoms with E-state index in [1.54, 1.807) is 0 Å². The van der Waals surface area contributed by atoms with Crippen molar-refractivity contribution in [3.8, 4) is 0 Å². The van der Waals surface area contributed by atoms with Crippen molar-refractivity contribution in [2.24, 2.45) is 11.8 Å². The van der Waals surface area contributed by atoms with Crippen LogP contribution >= 0.6 is 0 Å². The van der Waals surface area contributed by atoms with E-state index in [-0.39, 0.29) is 0 Å². The Balaban J connectivity index is 4.17. The van der Waals surface area contributed by atoms with E-state index in [0.29, 0.717) is 5.92 Å². The summed E-state index contributed by atoms with van der Waals surface area (Å²) in [7, 11) is 0. The zero-order valence-electron chi connectivity index (χ0n) is 9.09. The molecule has 0 aliphatic rings. The molecule has 70 valence electrons. The Kier molecular flexibility index (Phi) is 5.79. The second kappa shape index (κ2) is 6.05. The maximum Gasteiger partial charge on any atom is -0.0206 e. The molecule has 0 spiro atoms. The highest BCUT2D eigenvalue weighted by atomic mass is 14.2. The Bertz CT molecular complexity index is 163. The average Bonchev–Trinajstić information content (AvgIpc) is 2.11. The van der Waals surface area contributed by atoms with Crippen LogP contribution in [0.5, 0.6) is 0 Å². The van der Waals surface area contributed by atoms with E-state index in [2.05, 4.69) is 52.8 Å². The molecule has 0 heteroatoms. The van der Waals surface area contributed by atoms with Gasteiger partial charge in [-0.05, 0) is 25.7 Å². The van der Waals surface area contributed by atoms with Gasteiger partial charge in [-0.1, -0.05) is 51.0 Å². The van der Waals surface area contributed by atoms with E-state index in [0.717, 1.165) is 5.92 Å². The topological polar surface area (TPSA) is 0 Å². The molecule has 0 aromatic carbocycles. The normalized spacial score (nSPS) is 18.2. The van der Waals surface area contributed by atoms with Crippen LogP contribution in [-0.4, -0.2) is 0 Å². The highest BCUT2D eigenvalue weighted by Crippen LogP contribution is 2.22. The summed E-state index contributed by atoms with van der Waals surface area (Å²) in [5.41, 5.74) is 1.49. The molecule has 0 heterocycles. The van der Waals surface area contributed by atoms with Gasteiger partial charge >= 0.3 is 0 Å². The Morgan fingerprint density at radius 3 is 2.33 bits per heavy atom. The van der Waals surface area contributed by atoms with E-state index in [9.17, 15) is 0 Å². The third-order valence-corrected chi connectivity index (χ3v) is 2.77. The van der Waals surface area contributed by atoms with Crippen molar-refractivity contribution in [1.29, 1.82) is 0 Å². The molecule has 2 atom stereocenters. The summed E-state index contributed by atoms with van der Waals surface area (Å²) < 4.78 is 0. The molecule has 0 aliphatic heterocycles. The van der Waals surface area contributed by atoms with Crippen LogP contribution in [0.1, 0.15) is 41.0 Å². The van der Waals surface area contributed by atoms with Gasteiger partial charge in [-0.3, -0.25) is 0 Å². The fourth-order valence-electron chi connectivity index (χ4n) is 1.20. The average molecular weight is 166 g/mol. The highest BCUT2D eigenvalue weighted by Gasteiger charge is 2.10.